The van der Waals surface area contributed by atoms with Crippen molar-refractivity contribution in [2.45, 2.75) is 105 Å². The molecule has 0 aliphatic carbocycles. The van der Waals surface area contributed by atoms with E-state index >= 15 is 0 Å². The number of urea groups is 1. The molecule has 0 bridgehead atoms. The van der Waals surface area contributed by atoms with Crippen LogP contribution in [0.25, 0.3) is 0 Å². The third-order valence-electron chi connectivity index (χ3n) is 6.60. The smallest absolute Gasteiger partial charge is 0.327 e. The molecule has 0 aliphatic rings. The molecule has 0 aromatic carbocycles. The molecule has 0 rings (SSSR count). The molecule has 3 unspecified atom stereocenters. The molecule has 0 spiro atoms. The summed E-state index contributed by atoms with van der Waals surface area (Å²) in [5, 5.41) is 20.7. The van der Waals surface area contributed by atoms with Crippen molar-refractivity contribution < 1.29 is 29.4 Å². The SMILES string of the molecule is CC(=O)CN(CC(=O)O)C(=O)NC(CSC/C=C(\C)CCCC(C)CCCC(C)CCCC(C)C)C(=O)O. The fourth-order valence-corrected chi connectivity index (χ4v) is 5.24. The quantitative estimate of drug-likeness (QED) is 0.106. The zero-order chi connectivity index (χ0) is 29.1. The minimum absolute atomic E-state index is 0.138. The van der Waals surface area contributed by atoms with Gasteiger partial charge in [0, 0.05) is 11.5 Å². The van der Waals surface area contributed by atoms with E-state index in [1.807, 2.05) is 0 Å². The van der Waals surface area contributed by atoms with Gasteiger partial charge in [-0.1, -0.05) is 84.3 Å². The topological polar surface area (TPSA) is 124 Å². The van der Waals surface area contributed by atoms with Crippen molar-refractivity contribution in [3.63, 3.8) is 0 Å². The van der Waals surface area contributed by atoms with Gasteiger partial charge >= 0.3 is 18.0 Å². The van der Waals surface area contributed by atoms with Crippen LogP contribution in [0, 0.1) is 17.8 Å². The van der Waals surface area contributed by atoms with E-state index in [-0.39, 0.29) is 11.5 Å². The first-order valence-corrected chi connectivity index (χ1v) is 15.2. The van der Waals surface area contributed by atoms with E-state index in [9.17, 15) is 24.3 Å². The van der Waals surface area contributed by atoms with Gasteiger partial charge in [0.05, 0.1) is 6.54 Å². The number of thioether (sulfide) groups is 1. The van der Waals surface area contributed by atoms with Crippen LogP contribution in [0.15, 0.2) is 11.6 Å². The first-order valence-electron chi connectivity index (χ1n) is 14.0. The molecule has 38 heavy (non-hydrogen) atoms. The van der Waals surface area contributed by atoms with E-state index < -0.39 is 37.1 Å². The molecule has 3 atom stereocenters. The Morgan fingerprint density at radius 1 is 0.842 bits per heavy atom. The molecule has 3 N–H and O–H groups in total. The molecule has 2 amide bonds. The minimum atomic E-state index is -1.28. The molecule has 0 aromatic heterocycles. The zero-order valence-electron chi connectivity index (χ0n) is 24.5. The number of carbonyl (C=O) groups is 4. The van der Waals surface area contributed by atoms with Gasteiger partial charge < -0.3 is 20.4 Å². The van der Waals surface area contributed by atoms with Crippen molar-refractivity contribution in [3.05, 3.63) is 11.6 Å². The molecule has 8 nitrogen and oxygen atoms in total. The number of hydrogen-bond acceptors (Lipinski definition) is 5. The number of carbonyl (C=O) groups excluding carboxylic acids is 2. The Bertz CT molecular complexity index is 739. The van der Waals surface area contributed by atoms with E-state index in [1.165, 1.54) is 69.2 Å². The molecule has 0 aliphatic heterocycles. The van der Waals surface area contributed by atoms with E-state index in [1.54, 1.807) is 0 Å². The number of nitrogens with zero attached hydrogens (tertiary/aromatic N) is 1. The Kier molecular flexibility index (Phi) is 19.8. The number of Topliss-reactive ketones (excluding diaryl/α,β-unsaturated/α-hetero) is 1. The van der Waals surface area contributed by atoms with Crippen LogP contribution in [-0.2, 0) is 14.4 Å². The summed E-state index contributed by atoms with van der Waals surface area (Å²) in [6, 6.07) is -2.06. The van der Waals surface area contributed by atoms with Crippen LogP contribution >= 0.6 is 11.8 Å². The highest BCUT2D eigenvalue weighted by Gasteiger charge is 2.25. The summed E-state index contributed by atoms with van der Waals surface area (Å²) in [7, 11) is 0. The highest BCUT2D eigenvalue weighted by Crippen LogP contribution is 2.22. The maximum absolute atomic E-state index is 12.3. The number of rotatable bonds is 22. The Hall–Kier alpha value is -2.03. The number of allylic oxidation sites excluding steroid dienone is 1. The minimum Gasteiger partial charge on any atom is -0.480 e. The van der Waals surface area contributed by atoms with Crippen LogP contribution in [0.2, 0.25) is 0 Å². The Labute approximate surface area is 234 Å². The lowest BCUT2D eigenvalue weighted by Gasteiger charge is -2.22. The summed E-state index contributed by atoms with van der Waals surface area (Å²) >= 11 is 1.39. The summed E-state index contributed by atoms with van der Waals surface area (Å²) in [6.45, 7) is 11.6. The van der Waals surface area contributed by atoms with Crippen molar-refractivity contribution in [2.24, 2.45) is 17.8 Å². The van der Waals surface area contributed by atoms with Gasteiger partial charge in [0.15, 0.2) is 0 Å². The van der Waals surface area contributed by atoms with Gasteiger partial charge in [-0.05, 0) is 44.4 Å². The summed E-state index contributed by atoms with van der Waals surface area (Å²) in [4.78, 5) is 47.0. The number of aliphatic carboxylic acids is 2. The third-order valence-corrected chi connectivity index (χ3v) is 7.57. The second-order valence-corrected chi connectivity index (χ2v) is 12.3. The fourth-order valence-electron chi connectivity index (χ4n) is 4.24. The molecule has 0 saturated heterocycles. The average Bonchev–Trinajstić information content (AvgIpc) is 2.79. The highest BCUT2D eigenvalue weighted by molar-refractivity contribution is 7.99. The number of carboxylic acid groups (broad SMARTS) is 2. The number of amides is 2. The predicted octanol–water partition coefficient (Wildman–Crippen LogP) is 6.24. The van der Waals surface area contributed by atoms with E-state index in [0.29, 0.717) is 5.75 Å². The summed E-state index contributed by atoms with van der Waals surface area (Å²) in [5.74, 6) is 0.241. The fraction of sp³-hybridized carbons (Fsp3) is 0.793. The maximum Gasteiger partial charge on any atom is 0.327 e. The summed E-state index contributed by atoms with van der Waals surface area (Å²) < 4.78 is 0. The number of carboxylic acids is 2. The molecular formula is C29H52N2O6S. The molecular weight excluding hydrogens is 504 g/mol. The van der Waals surface area contributed by atoms with Crippen LogP contribution in [0.1, 0.15) is 99.3 Å². The molecule has 220 valence electrons. The monoisotopic (exact) mass is 556 g/mol. The van der Waals surface area contributed by atoms with E-state index in [2.05, 4.69) is 46.0 Å². The van der Waals surface area contributed by atoms with Crippen molar-refractivity contribution in [3.8, 4) is 0 Å². The van der Waals surface area contributed by atoms with Crippen LogP contribution in [0.4, 0.5) is 4.79 Å². The van der Waals surface area contributed by atoms with Crippen LogP contribution in [0.5, 0.6) is 0 Å². The van der Waals surface area contributed by atoms with Crippen molar-refractivity contribution in [2.75, 3.05) is 24.6 Å². The maximum atomic E-state index is 12.3. The molecule has 0 heterocycles. The second kappa shape index (κ2) is 20.9. The van der Waals surface area contributed by atoms with E-state index in [0.717, 1.165) is 35.5 Å². The average molecular weight is 557 g/mol. The molecule has 0 saturated carbocycles. The van der Waals surface area contributed by atoms with Gasteiger partial charge in [0.1, 0.15) is 18.4 Å². The molecule has 0 fully saturated rings. The normalized spacial score (nSPS) is 14.1. The van der Waals surface area contributed by atoms with Gasteiger partial charge in [0.25, 0.3) is 0 Å². The summed E-state index contributed by atoms with van der Waals surface area (Å²) in [6.07, 6.45) is 13.4. The predicted molar refractivity (Wildman–Crippen MR) is 156 cm³/mol. The highest BCUT2D eigenvalue weighted by atomic mass is 32.2. The lowest BCUT2D eigenvalue weighted by atomic mass is 9.91. The zero-order valence-corrected chi connectivity index (χ0v) is 25.3. The van der Waals surface area contributed by atoms with Gasteiger partial charge in [0.2, 0.25) is 0 Å². The van der Waals surface area contributed by atoms with Crippen LogP contribution in [0.3, 0.4) is 0 Å². The number of nitrogens with one attached hydrogen (secondary N) is 1. The lowest BCUT2D eigenvalue weighted by Crippen LogP contribution is -2.51. The second-order valence-electron chi connectivity index (χ2n) is 11.2. The van der Waals surface area contributed by atoms with Crippen molar-refractivity contribution in [1.29, 1.82) is 0 Å². The lowest BCUT2D eigenvalue weighted by molar-refractivity contribution is -0.138. The molecule has 9 heteroatoms. The van der Waals surface area contributed by atoms with Crippen LogP contribution < -0.4 is 5.32 Å². The third kappa shape index (κ3) is 20.0. The van der Waals surface area contributed by atoms with Crippen LogP contribution in [-0.4, -0.2) is 69.5 Å². The largest absolute Gasteiger partial charge is 0.480 e. The van der Waals surface area contributed by atoms with Crippen molar-refractivity contribution in [1.82, 2.24) is 10.2 Å². The van der Waals surface area contributed by atoms with Gasteiger partial charge in [-0.15, -0.1) is 0 Å². The first-order chi connectivity index (χ1) is 17.8. The van der Waals surface area contributed by atoms with E-state index in [4.69, 9.17) is 5.11 Å². The van der Waals surface area contributed by atoms with Gasteiger partial charge in [-0.3, -0.25) is 9.59 Å². The van der Waals surface area contributed by atoms with Gasteiger partial charge in [-0.2, -0.15) is 11.8 Å². The molecule has 0 radical (unpaired) electrons. The Morgan fingerprint density at radius 3 is 1.89 bits per heavy atom. The number of hydrogen-bond donors (Lipinski definition) is 3. The standard InChI is InChI=1S/C29H52N2O6S/c1-21(2)10-7-11-22(3)12-8-13-23(4)14-9-15-24(5)16-17-38-20-26(28(35)36)30-29(37)31(18-25(6)32)19-27(33)34/h16,21-23,26H,7-15,17-20H2,1-6H3,(H,30,37)(H,33,34)(H,35,36)/b24-16+. The Balaban J connectivity index is 4.29. The van der Waals surface area contributed by atoms with Crippen molar-refractivity contribution >= 4 is 35.5 Å². The number of ketones is 1. The Morgan fingerprint density at radius 2 is 1.39 bits per heavy atom. The molecule has 0 aromatic rings. The van der Waals surface area contributed by atoms with Gasteiger partial charge in [-0.25, -0.2) is 9.59 Å². The first kappa shape index (κ1) is 36.0. The summed E-state index contributed by atoms with van der Waals surface area (Å²) in [5.41, 5.74) is 1.27.